The molecule has 0 aliphatic heterocycles. The van der Waals surface area contributed by atoms with Crippen LogP contribution >= 0.6 is 0 Å². The van der Waals surface area contributed by atoms with Gasteiger partial charge in [-0.3, -0.25) is 14.4 Å². The van der Waals surface area contributed by atoms with Gasteiger partial charge in [-0.15, -0.1) is 0 Å². The molecule has 33 heavy (non-hydrogen) atoms. The van der Waals surface area contributed by atoms with Crippen molar-refractivity contribution in [3.05, 3.63) is 95.6 Å². The molecule has 0 saturated heterocycles. The van der Waals surface area contributed by atoms with Gasteiger partial charge in [0.2, 0.25) is 0 Å². The summed E-state index contributed by atoms with van der Waals surface area (Å²) in [4.78, 5) is 15.2. The van der Waals surface area contributed by atoms with Crippen LogP contribution in [0.2, 0.25) is 0 Å². The molecule has 1 atom stereocenters. The van der Waals surface area contributed by atoms with Crippen molar-refractivity contribution in [2.24, 2.45) is 0 Å². The zero-order valence-electron chi connectivity index (χ0n) is 19.3. The third kappa shape index (κ3) is 6.21. The van der Waals surface area contributed by atoms with E-state index in [0.717, 1.165) is 24.2 Å². The second-order valence-corrected chi connectivity index (χ2v) is 9.48. The third-order valence-electron chi connectivity index (χ3n) is 5.71. The maximum Gasteiger partial charge on any atom is 0.261 e. The SMILES string of the molecule is CCN(CC)C(CNC(=O)c1ccc(S(=O)(=O)Nc2ccccc2C)cc1)c1ccccc1. The summed E-state index contributed by atoms with van der Waals surface area (Å²) in [5.41, 5.74) is 2.92. The molecule has 0 spiro atoms. The Bertz CT molecular complexity index is 1160. The van der Waals surface area contributed by atoms with Crippen LogP contribution in [-0.4, -0.2) is 38.9 Å². The highest BCUT2D eigenvalue weighted by Gasteiger charge is 2.20. The molecule has 0 radical (unpaired) electrons. The summed E-state index contributed by atoms with van der Waals surface area (Å²) < 4.78 is 28.1. The van der Waals surface area contributed by atoms with Gasteiger partial charge in [-0.2, -0.15) is 0 Å². The molecular weight excluding hydrogens is 434 g/mol. The standard InChI is InChI=1S/C26H31N3O3S/c1-4-29(5-2)25(21-12-7-6-8-13-21)19-27-26(30)22-15-17-23(18-16-22)33(31,32)28-24-14-10-9-11-20(24)3/h6-18,25,28H,4-5,19H2,1-3H3,(H,27,30). The van der Waals surface area contributed by atoms with Crippen LogP contribution in [0, 0.1) is 6.92 Å². The van der Waals surface area contributed by atoms with Gasteiger partial charge in [0, 0.05) is 12.1 Å². The first-order valence-corrected chi connectivity index (χ1v) is 12.6. The fourth-order valence-corrected chi connectivity index (χ4v) is 4.90. The van der Waals surface area contributed by atoms with Gasteiger partial charge in [0.1, 0.15) is 0 Å². The van der Waals surface area contributed by atoms with Crippen LogP contribution in [0.25, 0.3) is 0 Å². The van der Waals surface area contributed by atoms with E-state index < -0.39 is 10.0 Å². The lowest BCUT2D eigenvalue weighted by Gasteiger charge is -2.30. The van der Waals surface area contributed by atoms with E-state index in [2.05, 4.69) is 40.9 Å². The Morgan fingerprint density at radius 2 is 1.48 bits per heavy atom. The van der Waals surface area contributed by atoms with Gasteiger partial charge in [0.15, 0.2) is 0 Å². The summed E-state index contributed by atoms with van der Waals surface area (Å²) in [6, 6.07) is 23.3. The first kappa shape index (κ1) is 24.5. The molecule has 0 saturated carbocycles. The van der Waals surface area contributed by atoms with Gasteiger partial charge < -0.3 is 5.32 Å². The fourth-order valence-electron chi connectivity index (χ4n) is 3.77. The van der Waals surface area contributed by atoms with Crippen LogP contribution in [0.4, 0.5) is 5.69 Å². The van der Waals surface area contributed by atoms with E-state index in [4.69, 9.17) is 0 Å². The Morgan fingerprint density at radius 1 is 0.879 bits per heavy atom. The van der Waals surface area contributed by atoms with Crippen molar-refractivity contribution in [1.29, 1.82) is 0 Å². The molecule has 0 bridgehead atoms. The molecule has 3 aromatic carbocycles. The van der Waals surface area contributed by atoms with Crippen LogP contribution in [0.15, 0.2) is 83.8 Å². The zero-order chi connectivity index (χ0) is 23.8. The van der Waals surface area contributed by atoms with Crippen LogP contribution in [0.1, 0.15) is 41.4 Å². The van der Waals surface area contributed by atoms with E-state index in [1.807, 2.05) is 37.3 Å². The number of carbonyl (C=O) groups is 1. The maximum absolute atomic E-state index is 12.8. The average molecular weight is 466 g/mol. The first-order chi connectivity index (χ1) is 15.9. The maximum atomic E-state index is 12.8. The van der Waals surface area contributed by atoms with E-state index in [1.54, 1.807) is 12.1 Å². The van der Waals surface area contributed by atoms with Crippen LogP contribution in [0.3, 0.4) is 0 Å². The number of nitrogens with zero attached hydrogens (tertiary/aromatic N) is 1. The number of sulfonamides is 1. The molecule has 1 unspecified atom stereocenters. The van der Waals surface area contributed by atoms with Crippen molar-refractivity contribution in [2.75, 3.05) is 24.4 Å². The summed E-state index contributed by atoms with van der Waals surface area (Å²) in [5, 5.41) is 3.01. The largest absolute Gasteiger partial charge is 0.350 e. The molecule has 2 N–H and O–H groups in total. The highest BCUT2D eigenvalue weighted by Crippen LogP contribution is 2.21. The summed E-state index contributed by atoms with van der Waals surface area (Å²) in [7, 11) is -3.75. The molecule has 0 fully saturated rings. The number of carbonyl (C=O) groups excluding carboxylic acids is 1. The monoisotopic (exact) mass is 465 g/mol. The number of para-hydroxylation sites is 1. The molecule has 0 aromatic heterocycles. The second-order valence-electron chi connectivity index (χ2n) is 7.80. The van der Waals surface area contributed by atoms with Crippen molar-refractivity contribution in [3.8, 4) is 0 Å². The lowest BCUT2D eigenvalue weighted by atomic mass is 10.0. The van der Waals surface area contributed by atoms with Crippen molar-refractivity contribution in [2.45, 2.75) is 31.7 Å². The van der Waals surface area contributed by atoms with Gasteiger partial charge in [0.25, 0.3) is 15.9 Å². The van der Waals surface area contributed by atoms with Crippen LogP contribution < -0.4 is 10.0 Å². The molecular formula is C26H31N3O3S. The van der Waals surface area contributed by atoms with Crippen molar-refractivity contribution in [3.63, 3.8) is 0 Å². The molecule has 0 aliphatic carbocycles. The Labute approximate surface area is 196 Å². The number of amides is 1. The Kier molecular flexibility index (Phi) is 8.25. The third-order valence-corrected chi connectivity index (χ3v) is 7.09. The summed E-state index contributed by atoms with van der Waals surface area (Å²) in [6.45, 7) is 8.24. The van der Waals surface area contributed by atoms with E-state index in [1.165, 1.54) is 24.3 Å². The highest BCUT2D eigenvalue weighted by molar-refractivity contribution is 7.92. The molecule has 7 heteroatoms. The van der Waals surface area contributed by atoms with Gasteiger partial charge in [-0.1, -0.05) is 62.4 Å². The lowest BCUT2D eigenvalue weighted by Crippen LogP contribution is -2.38. The van der Waals surface area contributed by atoms with Crippen LogP contribution in [-0.2, 0) is 10.0 Å². The minimum atomic E-state index is -3.75. The minimum absolute atomic E-state index is 0.0584. The van der Waals surface area contributed by atoms with E-state index in [-0.39, 0.29) is 16.8 Å². The summed E-state index contributed by atoms with van der Waals surface area (Å²) in [6.07, 6.45) is 0. The number of anilines is 1. The first-order valence-electron chi connectivity index (χ1n) is 11.1. The van der Waals surface area contributed by atoms with Gasteiger partial charge in [0.05, 0.1) is 16.6 Å². The molecule has 0 aliphatic rings. The van der Waals surface area contributed by atoms with E-state index >= 15 is 0 Å². The van der Waals surface area contributed by atoms with Gasteiger partial charge >= 0.3 is 0 Å². The number of aryl methyl sites for hydroxylation is 1. The predicted molar refractivity (Wildman–Crippen MR) is 133 cm³/mol. The number of rotatable bonds is 10. The number of benzene rings is 3. The minimum Gasteiger partial charge on any atom is -0.350 e. The van der Waals surface area contributed by atoms with Gasteiger partial charge in [-0.25, -0.2) is 8.42 Å². The quantitative estimate of drug-likeness (QED) is 0.458. The zero-order valence-corrected chi connectivity index (χ0v) is 20.1. The summed E-state index contributed by atoms with van der Waals surface area (Å²) >= 11 is 0. The Hall–Kier alpha value is -3.16. The Balaban J connectivity index is 1.70. The second kappa shape index (κ2) is 11.1. The smallest absolute Gasteiger partial charge is 0.261 e. The number of likely N-dealkylation sites (N-methyl/N-ethyl adjacent to an activating group) is 1. The van der Waals surface area contributed by atoms with Crippen molar-refractivity contribution in [1.82, 2.24) is 10.2 Å². The van der Waals surface area contributed by atoms with E-state index in [0.29, 0.717) is 17.8 Å². The lowest BCUT2D eigenvalue weighted by molar-refractivity contribution is 0.0935. The highest BCUT2D eigenvalue weighted by atomic mass is 32.2. The number of hydrogen-bond acceptors (Lipinski definition) is 4. The van der Waals surface area contributed by atoms with E-state index in [9.17, 15) is 13.2 Å². The summed E-state index contributed by atoms with van der Waals surface area (Å²) in [5.74, 6) is -0.237. The molecule has 174 valence electrons. The predicted octanol–water partition coefficient (Wildman–Crippen LogP) is 4.61. The molecule has 6 nitrogen and oxygen atoms in total. The number of nitrogens with one attached hydrogen (secondary N) is 2. The van der Waals surface area contributed by atoms with Crippen molar-refractivity contribution >= 4 is 21.6 Å². The topological polar surface area (TPSA) is 78.5 Å². The fraction of sp³-hybridized carbons (Fsp3) is 0.269. The normalized spacial score (nSPS) is 12.4. The number of hydrogen-bond donors (Lipinski definition) is 2. The van der Waals surface area contributed by atoms with Gasteiger partial charge in [-0.05, 0) is 61.5 Å². The average Bonchev–Trinajstić information content (AvgIpc) is 2.83. The molecule has 3 rings (SSSR count). The molecule has 3 aromatic rings. The Morgan fingerprint density at radius 3 is 2.09 bits per heavy atom. The molecule has 1 amide bonds. The van der Waals surface area contributed by atoms with Crippen molar-refractivity contribution < 1.29 is 13.2 Å². The molecule has 0 heterocycles. The van der Waals surface area contributed by atoms with Crippen LogP contribution in [0.5, 0.6) is 0 Å².